The highest BCUT2D eigenvalue weighted by molar-refractivity contribution is 7.89. The van der Waals surface area contributed by atoms with Gasteiger partial charge in [-0.3, -0.25) is 0 Å². The van der Waals surface area contributed by atoms with Crippen LogP contribution in [0.3, 0.4) is 0 Å². The second-order valence-electron chi connectivity index (χ2n) is 8.57. The number of rotatable bonds is 6. The lowest BCUT2D eigenvalue weighted by Crippen LogP contribution is -2.37. The molecule has 1 fully saturated rings. The first-order valence-electron chi connectivity index (χ1n) is 11.0. The summed E-state index contributed by atoms with van der Waals surface area (Å²) in [5.74, 6) is 1.02. The van der Waals surface area contributed by atoms with Crippen LogP contribution in [0.15, 0.2) is 47.6 Å². The molecule has 0 atom stereocenters. The SMILES string of the molecule is CCn1cc(C2CCN(S(=O)(=O)c3ccc(OC(C)C)cc3)CC2)c2cc(C)cnc21. The van der Waals surface area contributed by atoms with E-state index in [9.17, 15) is 8.42 Å². The van der Waals surface area contributed by atoms with Crippen molar-refractivity contribution in [3.63, 3.8) is 0 Å². The van der Waals surface area contributed by atoms with E-state index in [1.807, 2.05) is 20.0 Å². The van der Waals surface area contributed by atoms with Gasteiger partial charge in [0, 0.05) is 37.4 Å². The van der Waals surface area contributed by atoms with Crippen LogP contribution in [0.1, 0.15) is 50.7 Å². The number of benzene rings is 1. The fraction of sp³-hybridized carbons (Fsp3) is 0.458. The lowest BCUT2D eigenvalue weighted by atomic mass is 9.90. The maximum atomic E-state index is 13.1. The molecule has 0 bridgehead atoms. The molecule has 3 heterocycles. The Morgan fingerprint density at radius 3 is 2.45 bits per heavy atom. The zero-order valence-electron chi connectivity index (χ0n) is 18.7. The van der Waals surface area contributed by atoms with E-state index in [4.69, 9.17) is 4.74 Å². The van der Waals surface area contributed by atoms with Gasteiger partial charge in [0.05, 0.1) is 11.0 Å². The lowest BCUT2D eigenvalue weighted by molar-refractivity contribution is 0.242. The molecule has 7 heteroatoms. The molecule has 3 aromatic rings. The molecule has 0 aliphatic carbocycles. The van der Waals surface area contributed by atoms with Crippen molar-refractivity contribution in [1.82, 2.24) is 13.9 Å². The van der Waals surface area contributed by atoms with Gasteiger partial charge in [-0.25, -0.2) is 13.4 Å². The molecule has 2 aromatic heterocycles. The Bertz CT molecular complexity index is 1160. The van der Waals surface area contributed by atoms with Crippen LogP contribution < -0.4 is 4.74 Å². The zero-order valence-corrected chi connectivity index (χ0v) is 19.5. The van der Waals surface area contributed by atoms with E-state index in [2.05, 4.69) is 35.7 Å². The van der Waals surface area contributed by atoms with E-state index in [-0.39, 0.29) is 6.10 Å². The number of hydrogen-bond acceptors (Lipinski definition) is 4. The van der Waals surface area contributed by atoms with Gasteiger partial charge in [0.25, 0.3) is 0 Å². The minimum Gasteiger partial charge on any atom is -0.491 e. The molecule has 1 saturated heterocycles. The summed E-state index contributed by atoms with van der Waals surface area (Å²) in [5.41, 5.74) is 3.45. The molecule has 0 spiro atoms. The molecule has 1 aromatic carbocycles. The molecule has 0 N–H and O–H groups in total. The molecule has 1 aliphatic heterocycles. The highest BCUT2D eigenvalue weighted by atomic mass is 32.2. The van der Waals surface area contributed by atoms with Gasteiger partial charge in [-0.05, 0) is 87.9 Å². The van der Waals surface area contributed by atoms with Gasteiger partial charge in [-0.2, -0.15) is 4.31 Å². The number of nitrogens with zero attached hydrogens (tertiary/aromatic N) is 3. The number of aromatic nitrogens is 2. The van der Waals surface area contributed by atoms with E-state index >= 15 is 0 Å². The van der Waals surface area contributed by atoms with Crippen molar-refractivity contribution in [2.45, 2.75) is 64.0 Å². The molecule has 166 valence electrons. The summed E-state index contributed by atoms with van der Waals surface area (Å²) in [6.07, 6.45) is 5.79. The normalized spacial score (nSPS) is 16.3. The lowest BCUT2D eigenvalue weighted by Gasteiger charge is -2.31. The van der Waals surface area contributed by atoms with Gasteiger partial charge in [0.15, 0.2) is 0 Å². The third-order valence-corrected chi connectivity index (χ3v) is 7.86. The van der Waals surface area contributed by atoms with E-state index in [1.54, 1.807) is 28.6 Å². The van der Waals surface area contributed by atoms with Crippen LogP contribution in [0.2, 0.25) is 0 Å². The predicted octanol–water partition coefficient (Wildman–Crippen LogP) is 4.72. The minimum absolute atomic E-state index is 0.0547. The van der Waals surface area contributed by atoms with Crippen LogP contribution in [0.4, 0.5) is 0 Å². The maximum absolute atomic E-state index is 13.1. The molecule has 6 nitrogen and oxygen atoms in total. The summed E-state index contributed by atoms with van der Waals surface area (Å²) < 4.78 is 35.7. The van der Waals surface area contributed by atoms with Crippen LogP contribution in [0, 0.1) is 6.92 Å². The summed E-state index contributed by atoms with van der Waals surface area (Å²) in [5, 5.41) is 1.20. The molecule has 4 rings (SSSR count). The third kappa shape index (κ3) is 4.34. The topological polar surface area (TPSA) is 64.4 Å². The Morgan fingerprint density at radius 2 is 1.84 bits per heavy atom. The summed E-state index contributed by atoms with van der Waals surface area (Å²) in [6.45, 7) is 10.00. The van der Waals surface area contributed by atoms with Crippen molar-refractivity contribution in [1.29, 1.82) is 0 Å². The summed E-state index contributed by atoms with van der Waals surface area (Å²) in [7, 11) is -3.50. The highest BCUT2D eigenvalue weighted by Gasteiger charge is 2.31. The van der Waals surface area contributed by atoms with E-state index in [0.717, 1.165) is 30.6 Å². The van der Waals surface area contributed by atoms with Crippen LogP contribution in [0.5, 0.6) is 5.75 Å². The van der Waals surface area contributed by atoms with Crippen molar-refractivity contribution in [2.24, 2.45) is 0 Å². The standard InChI is InChI=1S/C24H31N3O3S/c1-5-26-16-23(22-14-18(4)15-25-24(22)26)19-10-12-27(13-11-19)31(28,29)21-8-6-20(7-9-21)30-17(2)3/h6-9,14-17,19H,5,10-13H2,1-4H3. The molecular formula is C24H31N3O3S. The molecule has 31 heavy (non-hydrogen) atoms. The molecule has 0 saturated carbocycles. The van der Waals surface area contributed by atoms with Gasteiger partial charge >= 0.3 is 0 Å². The number of hydrogen-bond donors (Lipinski definition) is 0. The number of piperidine rings is 1. The van der Waals surface area contributed by atoms with E-state index < -0.39 is 10.0 Å². The Kier molecular flexibility index (Phi) is 6.08. The smallest absolute Gasteiger partial charge is 0.243 e. The van der Waals surface area contributed by atoms with Gasteiger partial charge < -0.3 is 9.30 Å². The third-order valence-electron chi connectivity index (χ3n) is 5.95. The van der Waals surface area contributed by atoms with E-state index in [0.29, 0.717) is 29.7 Å². The molecular weight excluding hydrogens is 410 g/mol. The number of aryl methyl sites for hydroxylation is 2. The Morgan fingerprint density at radius 1 is 1.16 bits per heavy atom. The van der Waals surface area contributed by atoms with Crippen LogP contribution in [0.25, 0.3) is 11.0 Å². The molecule has 0 unspecified atom stereocenters. The first-order valence-corrected chi connectivity index (χ1v) is 12.5. The van der Waals surface area contributed by atoms with Crippen LogP contribution in [-0.4, -0.2) is 41.5 Å². The average Bonchev–Trinajstić information content (AvgIpc) is 3.11. The number of fused-ring (bicyclic) bond motifs is 1. The van der Waals surface area contributed by atoms with E-state index in [1.165, 1.54) is 10.9 Å². The van der Waals surface area contributed by atoms with Crippen molar-refractivity contribution in [3.8, 4) is 5.75 Å². The second kappa shape index (κ2) is 8.63. The van der Waals surface area contributed by atoms with Crippen molar-refractivity contribution < 1.29 is 13.2 Å². The Hall–Kier alpha value is -2.38. The number of sulfonamides is 1. The number of pyridine rings is 1. The van der Waals surface area contributed by atoms with Crippen molar-refractivity contribution >= 4 is 21.1 Å². The largest absolute Gasteiger partial charge is 0.491 e. The first-order chi connectivity index (χ1) is 14.8. The van der Waals surface area contributed by atoms with Crippen molar-refractivity contribution in [3.05, 3.63) is 53.9 Å². The van der Waals surface area contributed by atoms with Crippen LogP contribution >= 0.6 is 0 Å². The second-order valence-corrected chi connectivity index (χ2v) is 10.5. The predicted molar refractivity (Wildman–Crippen MR) is 123 cm³/mol. The summed E-state index contributed by atoms with van der Waals surface area (Å²) in [6, 6.07) is 8.95. The summed E-state index contributed by atoms with van der Waals surface area (Å²) in [4.78, 5) is 4.96. The van der Waals surface area contributed by atoms with Gasteiger partial charge in [0.2, 0.25) is 10.0 Å². The van der Waals surface area contributed by atoms with Gasteiger partial charge in [-0.15, -0.1) is 0 Å². The fourth-order valence-corrected chi connectivity index (χ4v) is 5.86. The summed E-state index contributed by atoms with van der Waals surface area (Å²) >= 11 is 0. The Balaban J connectivity index is 1.51. The monoisotopic (exact) mass is 441 g/mol. The minimum atomic E-state index is -3.50. The van der Waals surface area contributed by atoms with Gasteiger partial charge in [-0.1, -0.05) is 0 Å². The van der Waals surface area contributed by atoms with Gasteiger partial charge in [0.1, 0.15) is 11.4 Å². The zero-order chi connectivity index (χ0) is 22.2. The highest BCUT2D eigenvalue weighted by Crippen LogP contribution is 2.35. The van der Waals surface area contributed by atoms with Crippen LogP contribution in [-0.2, 0) is 16.6 Å². The first kappa shape index (κ1) is 21.8. The molecule has 0 radical (unpaired) electrons. The molecule has 0 amide bonds. The van der Waals surface area contributed by atoms with Crippen molar-refractivity contribution in [2.75, 3.05) is 13.1 Å². The quantitative estimate of drug-likeness (QED) is 0.555. The maximum Gasteiger partial charge on any atom is 0.243 e. The Labute approximate surface area is 184 Å². The average molecular weight is 442 g/mol. The number of ether oxygens (including phenoxy) is 1. The molecule has 1 aliphatic rings. The fourth-order valence-electron chi connectivity index (χ4n) is 4.39.